The maximum Gasteiger partial charge on any atom is 0.411 e. The lowest BCUT2D eigenvalue weighted by atomic mass is 9.79. The van der Waals surface area contributed by atoms with Gasteiger partial charge in [-0.3, -0.25) is 4.90 Å². The Morgan fingerprint density at radius 1 is 1.22 bits per heavy atom. The van der Waals surface area contributed by atoms with Crippen molar-refractivity contribution in [2.75, 3.05) is 13.2 Å². The van der Waals surface area contributed by atoms with Crippen LogP contribution in [0.4, 0.5) is 4.79 Å². The molecule has 1 fully saturated rings. The van der Waals surface area contributed by atoms with E-state index in [2.05, 4.69) is 0 Å². The summed E-state index contributed by atoms with van der Waals surface area (Å²) in [6.45, 7) is 8.00. The van der Waals surface area contributed by atoms with Crippen molar-refractivity contribution in [1.82, 2.24) is 4.90 Å². The van der Waals surface area contributed by atoms with E-state index in [0.717, 1.165) is 5.56 Å². The molecule has 0 aromatic heterocycles. The van der Waals surface area contributed by atoms with E-state index < -0.39 is 17.2 Å². The van der Waals surface area contributed by atoms with Crippen LogP contribution in [0.25, 0.3) is 0 Å². The molecule has 1 aliphatic heterocycles. The summed E-state index contributed by atoms with van der Waals surface area (Å²) in [5, 5.41) is 0. The molecule has 0 unspecified atom stereocenters. The van der Waals surface area contributed by atoms with Crippen LogP contribution in [0.15, 0.2) is 30.3 Å². The van der Waals surface area contributed by atoms with Crippen molar-refractivity contribution in [3.05, 3.63) is 35.9 Å². The van der Waals surface area contributed by atoms with Gasteiger partial charge in [0.05, 0.1) is 6.61 Å². The highest BCUT2D eigenvalue weighted by molar-refractivity contribution is 5.88. The molecule has 126 valence electrons. The van der Waals surface area contributed by atoms with Crippen LogP contribution >= 0.6 is 0 Å². The molecular formula is C18H25NO4. The zero-order valence-corrected chi connectivity index (χ0v) is 14.3. The fraction of sp³-hybridized carbons (Fsp3) is 0.556. The highest BCUT2D eigenvalue weighted by Crippen LogP contribution is 2.36. The van der Waals surface area contributed by atoms with E-state index in [-0.39, 0.29) is 12.6 Å². The minimum atomic E-state index is -0.959. The second-order valence-electron chi connectivity index (χ2n) is 6.80. The minimum Gasteiger partial charge on any atom is -0.464 e. The molecule has 1 aromatic carbocycles. The molecule has 1 atom stereocenters. The second-order valence-corrected chi connectivity index (χ2v) is 6.80. The predicted octanol–water partition coefficient (Wildman–Crippen LogP) is 3.17. The lowest BCUT2D eigenvalue weighted by Gasteiger charge is -2.50. The number of nitrogens with zero attached hydrogens (tertiary/aromatic N) is 1. The summed E-state index contributed by atoms with van der Waals surface area (Å²) in [6.07, 6.45) is 0.555. The first-order valence-corrected chi connectivity index (χ1v) is 8.00. The van der Waals surface area contributed by atoms with E-state index in [0.29, 0.717) is 19.4 Å². The van der Waals surface area contributed by atoms with Crippen LogP contribution in [0.2, 0.25) is 0 Å². The Morgan fingerprint density at radius 3 is 2.35 bits per heavy atom. The Morgan fingerprint density at radius 2 is 1.87 bits per heavy atom. The third-order valence-electron chi connectivity index (χ3n) is 3.87. The molecular weight excluding hydrogens is 294 g/mol. The van der Waals surface area contributed by atoms with Gasteiger partial charge in [0.2, 0.25) is 0 Å². The zero-order chi connectivity index (χ0) is 17.1. The van der Waals surface area contributed by atoms with Crippen molar-refractivity contribution in [3.8, 4) is 0 Å². The Balaban J connectivity index is 2.24. The second kappa shape index (κ2) is 6.60. The van der Waals surface area contributed by atoms with Gasteiger partial charge in [0, 0.05) is 13.0 Å². The molecule has 2 rings (SSSR count). The molecule has 1 aliphatic rings. The third kappa shape index (κ3) is 3.84. The van der Waals surface area contributed by atoms with Crippen molar-refractivity contribution in [1.29, 1.82) is 0 Å². The van der Waals surface area contributed by atoms with Crippen LogP contribution < -0.4 is 0 Å². The fourth-order valence-electron chi connectivity index (χ4n) is 2.74. The van der Waals surface area contributed by atoms with Crippen molar-refractivity contribution in [3.63, 3.8) is 0 Å². The number of carbonyl (C=O) groups excluding carboxylic acids is 2. The molecule has 1 saturated heterocycles. The van der Waals surface area contributed by atoms with E-state index in [9.17, 15) is 9.59 Å². The number of rotatable bonds is 4. The lowest BCUT2D eigenvalue weighted by molar-refractivity contribution is -0.166. The van der Waals surface area contributed by atoms with Crippen LogP contribution in [0.5, 0.6) is 0 Å². The minimum absolute atomic E-state index is 0.289. The Kier molecular flexibility index (Phi) is 4.97. The van der Waals surface area contributed by atoms with Crippen molar-refractivity contribution >= 4 is 12.1 Å². The van der Waals surface area contributed by atoms with E-state index in [4.69, 9.17) is 9.47 Å². The summed E-state index contributed by atoms with van der Waals surface area (Å²) in [5.41, 5.74) is -0.562. The number of carbonyl (C=O) groups is 2. The summed E-state index contributed by atoms with van der Waals surface area (Å²) >= 11 is 0. The van der Waals surface area contributed by atoms with Crippen LogP contribution in [0.3, 0.4) is 0 Å². The monoisotopic (exact) mass is 319 g/mol. The average Bonchev–Trinajstić information content (AvgIpc) is 2.42. The van der Waals surface area contributed by atoms with Gasteiger partial charge < -0.3 is 9.47 Å². The van der Waals surface area contributed by atoms with Gasteiger partial charge in [-0.05, 0) is 39.7 Å². The molecule has 0 N–H and O–H groups in total. The van der Waals surface area contributed by atoms with Gasteiger partial charge in [-0.2, -0.15) is 0 Å². The molecule has 1 heterocycles. The van der Waals surface area contributed by atoms with E-state index in [1.807, 2.05) is 51.1 Å². The van der Waals surface area contributed by atoms with Gasteiger partial charge in [0.25, 0.3) is 0 Å². The SMILES string of the molecule is CCOC(=O)[C@@]1(Cc2ccccc2)CCN1C(=O)OC(C)(C)C. The molecule has 0 spiro atoms. The summed E-state index contributed by atoms with van der Waals surface area (Å²) in [6, 6.07) is 9.67. The van der Waals surface area contributed by atoms with Crippen LogP contribution in [0.1, 0.15) is 39.7 Å². The molecule has 5 heteroatoms. The van der Waals surface area contributed by atoms with Gasteiger partial charge in [-0.1, -0.05) is 30.3 Å². The highest BCUT2D eigenvalue weighted by atomic mass is 16.6. The number of benzene rings is 1. The van der Waals surface area contributed by atoms with Crippen LogP contribution in [0, 0.1) is 0 Å². The first-order chi connectivity index (χ1) is 10.8. The quantitative estimate of drug-likeness (QED) is 0.800. The molecule has 1 aromatic rings. The van der Waals surface area contributed by atoms with Crippen molar-refractivity contribution < 1.29 is 19.1 Å². The first kappa shape index (κ1) is 17.3. The van der Waals surface area contributed by atoms with Gasteiger partial charge in [0.1, 0.15) is 11.1 Å². The predicted molar refractivity (Wildman–Crippen MR) is 87.1 cm³/mol. The van der Waals surface area contributed by atoms with E-state index >= 15 is 0 Å². The number of likely N-dealkylation sites (tertiary alicyclic amines) is 1. The largest absolute Gasteiger partial charge is 0.464 e. The summed E-state index contributed by atoms with van der Waals surface area (Å²) in [5.74, 6) is -0.360. The summed E-state index contributed by atoms with van der Waals surface area (Å²) in [7, 11) is 0. The molecule has 0 aliphatic carbocycles. The third-order valence-corrected chi connectivity index (χ3v) is 3.87. The maximum absolute atomic E-state index is 12.6. The smallest absolute Gasteiger partial charge is 0.411 e. The van der Waals surface area contributed by atoms with Gasteiger partial charge in [0.15, 0.2) is 0 Å². The molecule has 0 radical (unpaired) electrons. The van der Waals surface area contributed by atoms with E-state index in [1.54, 1.807) is 6.92 Å². The maximum atomic E-state index is 12.6. The molecule has 0 saturated carbocycles. The van der Waals surface area contributed by atoms with Crippen molar-refractivity contribution in [2.45, 2.75) is 51.7 Å². The van der Waals surface area contributed by atoms with Crippen molar-refractivity contribution in [2.24, 2.45) is 0 Å². The normalized spacial score (nSPS) is 20.6. The number of hydrogen-bond donors (Lipinski definition) is 0. The standard InChI is InChI=1S/C18H25NO4/c1-5-22-15(20)18(13-14-9-7-6-8-10-14)11-12-19(18)16(21)23-17(2,3)4/h6-10H,5,11-13H2,1-4H3/t18-/m0/s1. The van der Waals surface area contributed by atoms with Gasteiger partial charge in [-0.25, -0.2) is 9.59 Å². The van der Waals surface area contributed by atoms with Gasteiger partial charge in [-0.15, -0.1) is 0 Å². The molecule has 23 heavy (non-hydrogen) atoms. The fourth-order valence-corrected chi connectivity index (χ4v) is 2.74. The first-order valence-electron chi connectivity index (χ1n) is 8.00. The van der Waals surface area contributed by atoms with Gasteiger partial charge >= 0.3 is 12.1 Å². The summed E-state index contributed by atoms with van der Waals surface area (Å²) in [4.78, 5) is 26.5. The van der Waals surface area contributed by atoms with E-state index in [1.165, 1.54) is 4.90 Å². The lowest BCUT2D eigenvalue weighted by Crippen LogP contribution is -2.68. The average molecular weight is 319 g/mol. The highest BCUT2D eigenvalue weighted by Gasteiger charge is 2.55. The Labute approximate surface area is 137 Å². The number of esters is 1. The summed E-state index contributed by atoms with van der Waals surface area (Å²) < 4.78 is 10.7. The topological polar surface area (TPSA) is 55.8 Å². The van der Waals surface area contributed by atoms with Crippen LogP contribution in [-0.2, 0) is 20.7 Å². The molecule has 1 amide bonds. The number of amides is 1. The van der Waals surface area contributed by atoms with Crippen LogP contribution in [-0.4, -0.2) is 41.3 Å². The Hall–Kier alpha value is -2.04. The number of ether oxygens (including phenoxy) is 2. The number of hydrogen-bond acceptors (Lipinski definition) is 4. The molecule has 5 nitrogen and oxygen atoms in total. The zero-order valence-electron chi connectivity index (χ0n) is 14.3. The molecule has 0 bridgehead atoms. The Bertz CT molecular complexity index is 564.